The highest BCUT2D eigenvalue weighted by Gasteiger charge is 2.15. The van der Waals surface area contributed by atoms with E-state index >= 15 is 0 Å². The lowest BCUT2D eigenvalue weighted by molar-refractivity contribution is 0.583. The zero-order valence-electron chi connectivity index (χ0n) is 13.7. The predicted molar refractivity (Wildman–Crippen MR) is 98.6 cm³/mol. The molecule has 0 aliphatic carbocycles. The number of hydrogen-bond acceptors (Lipinski definition) is 6. The van der Waals surface area contributed by atoms with Gasteiger partial charge in [0, 0.05) is 37.3 Å². The number of nitrogens with one attached hydrogen (secondary N) is 2. The first kappa shape index (κ1) is 17.9. The summed E-state index contributed by atoms with van der Waals surface area (Å²) in [6.45, 7) is 2.67. The molecule has 2 aromatic rings. The van der Waals surface area contributed by atoms with Gasteiger partial charge in [0.2, 0.25) is 10.0 Å². The molecule has 0 atom stereocenters. The average Bonchev–Trinajstić information content (AvgIpc) is 3.14. The van der Waals surface area contributed by atoms with E-state index in [1.165, 1.54) is 31.3 Å². The maximum atomic E-state index is 12.2. The molecule has 0 bridgehead atoms. The highest BCUT2D eigenvalue weighted by atomic mass is 35.5. The minimum absolute atomic E-state index is 0.151. The molecular weight excluding hydrogens is 362 g/mol. The average molecular weight is 382 g/mol. The van der Waals surface area contributed by atoms with E-state index < -0.39 is 10.0 Å². The molecule has 0 saturated carbocycles. The molecule has 134 valence electrons. The standard InChI is InChI=1S/C16H20ClN5O2S/c17-13-4-3-5-14(10-13)25(23,24)21-7-6-18-15-11-16(20-12-19-15)22-8-1-2-9-22/h3-5,10-12,21H,1-2,6-9H2,(H,18,19,20). The summed E-state index contributed by atoms with van der Waals surface area (Å²) in [7, 11) is -3.57. The Bertz CT molecular complexity index is 825. The predicted octanol–water partition coefficient (Wildman–Crippen LogP) is 2.12. The van der Waals surface area contributed by atoms with Gasteiger partial charge in [-0.1, -0.05) is 17.7 Å². The van der Waals surface area contributed by atoms with Crippen molar-refractivity contribution in [2.24, 2.45) is 0 Å². The molecular formula is C16H20ClN5O2S. The van der Waals surface area contributed by atoms with Crippen LogP contribution in [0.25, 0.3) is 0 Å². The number of halogens is 1. The van der Waals surface area contributed by atoms with E-state index in [2.05, 4.69) is 24.9 Å². The largest absolute Gasteiger partial charge is 0.369 e. The lowest BCUT2D eigenvalue weighted by Gasteiger charge is -2.16. The van der Waals surface area contributed by atoms with E-state index in [-0.39, 0.29) is 11.4 Å². The van der Waals surface area contributed by atoms with Gasteiger partial charge >= 0.3 is 0 Å². The van der Waals surface area contributed by atoms with Crippen LogP contribution in [0.5, 0.6) is 0 Å². The summed E-state index contributed by atoms with van der Waals surface area (Å²) in [6.07, 6.45) is 3.88. The van der Waals surface area contributed by atoms with E-state index in [4.69, 9.17) is 11.6 Å². The summed E-state index contributed by atoms with van der Waals surface area (Å²) >= 11 is 5.84. The van der Waals surface area contributed by atoms with Crippen molar-refractivity contribution in [1.29, 1.82) is 0 Å². The monoisotopic (exact) mass is 381 g/mol. The van der Waals surface area contributed by atoms with Crippen LogP contribution in [-0.2, 0) is 10.0 Å². The van der Waals surface area contributed by atoms with Crippen LogP contribution in [0.15, 0.2) is 41.6 Å². The molecule has 0 unspecified atom stereocenters. The quantitative estimate of drug-likeness (QED) is 0.714. The SMILES string of the molecule is O=S(=O)(NCCNc1cc(N2CCCC2)ncn1)c1cccc(Cl)c1. The summed E-state index contributed by atoms with van der Waals surface area (Å²) in [5.41, 5.74) is 0. The molecule has 1 saturated heterocycles. The third-order valence-electron chi connectivity index (χ3n) is 3.91. The number of benzene rings is 1. The molecule has 0 radical (unpaired) electrons. The van der Waals surface area contributed by atoms with Gasteiger partial charge in [-0.25, -0.2) is 23.1 Å². The van der Waals surface area contributed by atoms with Crippen molar-refractivity contribution in [3.8, 4) is 0 Å². The highest BCUT2D eigenvalue weighted by molar-refractivity contribution is 7.89. The molecule has 1 fully saturated rings. The number of anilines is 2. The summed E-state index contributed by atoms with van der Waals surface area (Å²) in [6, 6.07) is 8.06. The van der Waals surface area contributed by atoms with Gasteiger partial charge in [0.15, 0.2) is 0 Å². The first-order chi connectivity index (χ1) is 12.0. The van der Waals surface area contributed by atoms with E-state index in [0.29, 0.717) is 17.4 Å². The van der Waals surface area contributed by atoms with Crippen LogP contribution in [0.2, 0.25) is 5.02 Å². The number of sulfonamides is 1. The smallest absolute Gasteiger partial charge is 0.240 e. The lowest BCUT2D eigenvalue weighted by atomic mass is 10.4. The second-order valence-corrected chi connectivity index (χ2v) is 7.94. The Morgan fingerprint density at radius 2 is 1.92 bits per heavy atom. The topological polar surface area (TPSA) is 87.2 Å². The van der Waals surface area contributed by atoms with Gasteiger partial charge < -0.3 is 10.2 Å². The van der Waals surface area contributed by atoms with E-state index in [1.807, 2.05) is 6.07 Å². The molecule has 0 amide bonds. The van der Waals surface area contributed by atoms with Crippen LogP contribution in [0.1, 0.15) is 12.8 Å². The second kappa shape index (κ2) is 7.99. The molecule has 25 heavy (non-hydrogen) atoms. The summed E-state index contributed by atoms with van der Waals surface area (Å²) in [5, 5.41) is 3.50. The molecule has 2 N–H and O–H groups in total. The molecule has 3 rings (SSSR count). The maximum Gasteiger partial charge on any atom is 0.240 e. The summed E-state index contributed by atoms with van der Waals surface area (Å²) < 4.78 is 26.9. The Hall–Kier alpha value is -1.90. The van der Waals surface area contributed by atoms with Gasteiger partial charge in [-0.15, -0.1) is 0 Å². The Balaban J connectivity index is 1.52. The van der Waals surface area contributed by atoms with Crippen LogP contribution >= 0.6 is 11.6 Å². The van der Waals surface area contributed by atoms with Crippen LogP contribution < -0.4 is 14.9 Å². The van der Waals surface area contributed by atoms with Gasteiger partial charge in [0.1, 0.15) is 18.0 Å². The van der Waals surface area contributed by atoms with Crippen LogP contribution in [-0.4, -0.2) is 44.6 Å². The Labute approximate surface area is 152 Å². The van der Waals surface area contributed by atoms with Crippen molar-refractivity contribution in [3.05, 3.63) is 41.7 Å². The van der Waals surface area contributed by atoms with E-state index in [0.717, 1.165) is 18.9 Å². The molecule has 0 spiro atoms. The zero-order chi connectivity index (χ0) is 17.7. The van der Waals surface area contributed by atoms with Crippen molar-refractivity contribution in [2.75, 3.05) is 36.4 Å². The normalized spacial score (nSPS) is 14.7. The molecule has 1 aromatic carbocycles. The number of nitrogens with zero attached hydrogens (tertiary/aromatic N) is 3. The van der Waals surface area contributed by atoms with Crippen LogP contribution in [0.3, 0.4) is 0 Å². The minimum atomic E-state index is -3.57. The Morgan fingerprint density at radius 3 is 2.68 bits per heavy atom. The van der Waals surface area contributed by atoms with Crippen molar-refractivity contribution in [2.45, 2.75) is 17.7 Å². The minimum Gasteiger partial charge on any atom is -0.369 e. The summed E-state index contributed by atoms with van der Waals surface area (Å²) in [4.78, 5) is 10.8. The highest BCUT2D eigenvalue weighted by Crippen LogP contribution is 2.19. The first-order valence-electron chi connectivity index (χ1n) is 8.11. The second-order valence-electron chi connectivity index (χ2n) is 5.74. The van der Waals surface area contributed by atoms with Crippen molar-refractivity contribution in [3.63, 3.8) is 0 Å². The van der Waals surface area contributed by atoms with Crippen molar-refractivity contribution < 1.29 is 8.42 Å². The van der Waals surface area contributed by atoms with Gasteiger partial charge in [0.05, 0.1) is 4.90 Å². The fourth-order valence-corrected chi connectivity index (χ4v) is 3.99. The van der Waals surface area contributed by atoms with Crippen molar-refractivity contribution in [1.82, 2.24) is 14.7 Å². The molecule has 1 aromatic heterocycles. The lowest BCUT2D eigenvalue weighted by Crippen LogP contribution is -2.29. The van der Waals surface area contributed by atoms with Crippen LogP contribution in [0.4, 0.5) is 11.6 Å². The Kier molecular flexibility index (Phi) is 5.72. The molecule has 7 nitrogen and oxygen atoms in total. The molecule has 1 aliphatic heterocycles. The molecule has 1 aliphatic rings. The zero-order valence-corrected chi connectivity index (χ0v) is 15.2. The first-order valence-corrected chi connectivity index (χ1v) is 9.97. The van der Waals surface area contributed by atoms with Gasteiger partial charge in [-0.3, -0.25) is 0 Å². The van der Waals surface area contributed by atoms with E-state index in [1.54, 1.807) is 12.1 Å². The third-order valence-corrected chi connectivity index (χ3v) is 5.61. The van der Waals surface area contributed by atoms with Crippen LogP contribution in [0, 0.1) is 0 Å². The van der Waals surface area contributed by atoms with Gasteiger partial charge in [-0.2, -0.15) is 0 Å². The number of hydrogen-bond donors (Lipinski definition) is 2. The molecule has 2 heterocycles. The fraction of sp³-hybridized carbons (Fsp3) is 0.375. The third kappa shape index (κ3) is 4.81. The fourth-order valence-electron chi connectivity index (χ4n) is 2.66. The van der Waals surface area contributed by atoms with Gasteiger partial charge in [0.25, 0.3) is 0 Å². The Morgan fingerprint density at radius 1 is 1.12 bits per heavy atom. The maximum absolute atomic E-state index is 12.2. The molecule has 9 heteroatoms. The number of aromatic nitrogens is 2. The van der Waals surface area contributed by atoms with Crippen molar-refractivity contribution >= 4 is 33.3 Å². The summed E-state index contributed by atoms with van der Waals surface area (Å²) in [5.74, 6) is 1.58. The van der Waals surface area contributed by atoms with E-state index in [9.17, 15) is 8.42 Å². The van der Waals surface area contributed by atoms with Gasteiger partial charge in [-0.05, 0) is 31.0 Å². The number of rotatable bonds is 7.